The van der Waals surface area contributed by atoms with Gasteiger partial charge in [0.25, 0.3) is 5.91 Å². The first-order chi connectivity index (χ1) is 12.8. The number of carbonyl (C=O) groups excluding carboxylic acids is 1. The van der Waals surface area contributed by atoms with Crippen molar-refractivity contribution in [3.05, 3.63) is 53.8 Å². The summed E-state index contributed by atoms with van der Waals surface area (Å²) >= 11 is 0. The zero-order valence-electron chi connectivity index (χ0n) is 15.2. The Morgan fingerprint density at radius 1 is 1.04 bits per heavy atom. The number of carbonyl (C=O) groups is 1. The smallest absolute Gasteiger partial charge is 0.254 e. The number of amides is 1. The Morgan fingerprint density at radius 3 is 2.22 bits per heavy atom. The molecule has 27 heavy (non-hydrogen) atoms. The first-order valence-corrected chi connectivity index (χ1v) is 10.4. The lowest BCUT2D eigenvalue weighted by atomic mass is 10.1. The molecule has 0 aromatic heterocycles. The van der Waals surface area contributed by atoms with E-state index in [1.807, 2.05) is 0 Å². The van der Waals surface area contributed by atoms with E-state index in [0.717, 1.165) is 11.9 Å². The fourth-order valence-corrected chi connectivity index (χ4v) is 3.96. The summed E-state index contributed by atoms with van der Waals surface area (Å²) in [6.07, 6.45) is 1.08. The number of nitrogens with zero attached hydrogens (tertiary/aromatic N) is 2. The van der Waals surface area contributed by atoms with Crippen LogP contribution in [-0.4, -0.2) is 58.8 Å². The highest BCUT2D eigenvalue weighted by atomic mass is 32.2. The van der Waals surface area contributed by atoms with E-state index in [4.69, 9.17) is 4.74 Å². The molecule has 6 nitrogen and oxygen atoms in total. The molecule has 0 aliphatic carbocycles. The monoisotopic (exact) mass is 392 g/mol. The number of anilines is 1. The standard InChI is InChI=1S/C19H21FN2O4S/c1-26-17-8-3-14(13-18(17)27(2,24)25)19(23)22-11-9-21(10-12-22)16-6-4-15(20)5-7-16/h3-8,13H,9-12H2,1-2H3. The van der Waals surface area contributed by atoms with Crippen LogP contribution in [0.3, 0.4) is 0 Å². The van der Waals surface area contributed by atoms with Crippen LogP contribution in [0, 0.1) is 5.82 Å². The van der Waals surface area contributed by atoms with Crippen molar-refractivity contribution in [2.45, 2.75) is 4.90 Å². The van der Waals surface area contributed by atoms with Crippen LogP contribution in [0.1, 0.15) is 10.4 Å². The lowest BCUT2D eigenvalue weighted by molar-refractivity contribution is 0.0746. The second kappa shape index (κ2) is 7.56. The van der Waals surface area contributed by atoms with Crippen molar-refractivity contribution in [3.63, 3.8) is 0 Å². The average molecular weight is 392 g/mol. The van der Waals surface area contributed by atoms with E-state index in [2.05, 4.69) is 4.90 Å². The average Bonchev–Trinajstić information content (AvgIpc) is 2.67. The molecule has 0 bridgehead atoms. The summed E-state index contributed by atoms with van der Waals surface area (Å²) in [5, 5.41) is 0. The summed E-state index contributed by atoms with van der Waals surface area (Å²) in [7, 11) is -2.13. The summed E-state index contributed by atoms with van der Waals surface area (Å²) in [6, 6.07) is 10.7. The molecule has 0 N–H and O–H groups in total. The zero-order valence-corrected chi connectivity index (χ0v) is 16.0. The molecule has 1 heterocycles. The Bertz CT molecular complexity index is 937. The quantitative estimate of drug-likeness (QED) is 0.798. The summed E-state index contributed by atoms with van der Waals surface area (Å²) < 4.78 is 42.0. The molecular formula is C19H21FN2O4S. The van der Waals surface area contributed by atoms with Crippen molar-refractivity contribution in [3.8, 4) is 5.75 Å². The van der Waals surface area contributed by atoms with Gasteiger partial charge in [0.05, 0.1) is 7.11 Å². The first kappa shape index (κ1) is 19.2. The van der Waals surface area contributed by atoms with E-state index in [0.29, 0.717) is 31.7 Å². The van der Waals surface area contributed by atoms with Gasteiger partial charge >= 0.3 is 0 Å². The molecule has 0 radical (unpaired) electrons. The lowest BCUT2D eigenvalue weighted by Gasteiger charge is -2.36. The van der Waals surface area contributed by atoms with Gasteiger partial charge in [-0.15, -0.1) is 0 Å². The number of ether oxygens (including phenoxy) is 1. The summed E-state index contributed by atoms with van der Waals surface area (Å²) in [5.74, 6) is -0.287. The molecule has 1 aliphatic heterocycles. The molecule has 8 heteroatoms. The minimum atomic E-state index is -3.52. The van der Waals surface area contributed by atoms with Gasteiger partial charge in [-0.05, 0) is 42.5 Å². The molecule has 0 unspecified atom stereocenters. The third-order valence-electron chi connectivity index (χ3n) is 4.57. The van der Waals surface area contributed by atoms with Gasteiger partial charge in [0.2, 0.25) is 0 Å². The van der Waals surface area contributed by atoms with Gasteiger partial charge in [-0.3, -0.25) is 4.79 Å². The van der Waals surface area contributed by atoms with Gasteiger partial charge in [-0.1, -0.05) is 0 Å². The van der Waals surface area contributed by atoms with Crippen LogP contribution in [0.5, 0.6) is 5.75 Å². The van der Waals surface area contributed by atoms with Crippen LogP contribution in [0.2, 0.25) is 0 Å². The van der Waals surface area contributed by atoms with Crippen molar-refractivity contribution in [2.24, 2.45) is 0 Å². The summed E-state index contributed by atoms with van der Waals surface area (Å²) in [6.45, 7) is 2.23. The van der Waals surface area contributed by atoms with Crippen LogP contribution >= 0.6 is 0 Å². The highest BCUT2D eigenvalue weighted by molar-refractivity contribution is 7.90. The van der Waals surface area contributed by atoms with Gasteiger partial charge < -0.3 is 14.5 Å². The number of hydrogen-bond donors (Lipinski definition) is 0. The van der Waals surface area contributed by atoms with Gasteiger partial charge in [0, 0.05) is 43.7 Å². The zero-order chi connectivity index (χ0) is 19.6. The maximum Gasteiger partial charge on any atom is 0.254 e. The predicted octanol–water partition coefficient (Wildman–Crippen LogP) is 2.20. The molecule has 2 aromatic rings. The van der Waals surface area contributed by atoms with Crippen molar-refractivity contribution in [2.75, 3.05) is 44.4 Å². The molecule has 1 fully saturated rings. The largest absolute Gasteiger partial charge is 0.495 e. The first-order valence-electron chi connectivity index (χ1n) is 8.47. The van der Waals surface area contributed by atoms with Gasteiger partial charge in [0.15, 0.2) is 9.84 Å². The fraction of sp³-hybridized carbons (Fsp3) is 0.316. The lowest BCUT2D eigenvalue weighted by Crippen LogP contribution is -2.48. The van der Waals surface area contributed by atoms with Crippen LogP contribution in [-0.2, 0) is 9.84 Å². The van der Waals surface area contributed by atoms with Crippen molar-refractivity contribution < 1.29 is 22.3 Å². The second-order valence-electron chi connectivity index (χ2n) is 6.39. The number of methoxy groups -OCH3 is 1. The highest BCUT2D eigenvalue weighted by Crippen LogP contribution is 2.26. The number of benzene rings is 2. The van der Waals surface area contributed by atoms with Crippen molar-refractivity contribution in [1.82, 2.24) is 4.90 Å². The van der Waals surface area contributed by atoms with Crippen LogP contribution in [0.15, 0.2) is 47.4 Å². The number of hydrogen-bond acceptors (Lipinski definition) is 5. The SMILES string of the molecule is COc1ccc(C(=O)N2CCN(c3ccc(F)cc3)CC2)cc1S(C)(=O)=O. The maximum absolute atomic E-state index is 13.1. The number of halogens is 1. The normalized spacial score (nSPS) is 14.9. The third kappa shape index (κ3) is 4.21. The topological polar surface area (TPSA) is 66.9 Å². The molecule has 1 aliphatic rings. The molecule has 144 valence electrons. The molecule has 0 atom stereocenters. The molecule has 1 saturated heterocycles. The fourth-order valence-electron chi connectivity index (χ4n) is 3.10. The van der Waals surface area contributed by atoms with E-state index in [-0.39, 0.29) is 22.4 Å². The Morgan fingerprint density at radius 2 is 1.67 bits per heavy atom. The van der Waals surface area contributed by atoms with E-state index in [9.17, 15) is 17.6 Å². The molecule has 1 amide bonds. The molecule has 0 spiro atoms. The minimum absolute atomic E-state index is 0.000739. The van der Waals surface area contributed by atoms with Crippen LogP contribution in [0.4, 0.5) is 10.1 Å². The Balaban J connectivity index is 1.73. The number of sulfone groups is 1. The Kier molecular flexibility index (Phi) is 5.36. The van der Waals surface area contributed by atoms with Crippen LogP contribution < -0.4 is 9.64 Å². The summed E-state index contributed by atoms with van der Waals surface area (Å²) in [4.78, 5) is 16.6. The van der Waals surface area contributed by atoms with E-state index in [1.165, 1.54) is 31.4 Å². The minimum Gasteiger partial charge on any atom is -0.495 e. The molecule has 2 aromatic carbocycles. The summed E-state index contributed by atoms with van der Waals surface area (Å²) in [5.41, 5.74) is 1.22. The van der Waals surface area contributed by atoms with Gasteiger partial charge in [-0.2, -0.15) is 0 Å². The maximum atomic E-state index is 13.1. The number of piperazine rings is 1. The highest BCUT2D eigenvalue weighted by Gasteiger charge is 2.24. The van der Waals surface area contributed by atoms with Gasteiger partial charge in [-0.25, -0.2) is 12.8 Å². The number of rotatable bonds is 4. The van der Waals surface area contributed by atoms with Crippen molar-refractivity contribution in [1.29, 1.82) is 0 Å². The Hall–Kier alpha value is -2.61. The Labute approximate surface area is 158 Å². The van der Waals surface area contributed by atoms with Crippen LogP contribution in [0.25, 0.3) is 0 Å². The van der Waals surface area contributed by atoms with E-state index < -0.39 is 9.84 Å². The molecule has 3 rings (SSSR count). The van der Waals surface area contributed by atoms with E-state index >= 15 is 0 Å². The molecule has 0 saturated carbocycles. The predicted molar refractivity (Wildman–Crippen MR) is 101 cm³/mol. The second-order valence-corrected chi connectivity index (χ2v) is 8.38. The third-order valence-corrected chi connectivity index (χ3v) is 5.69. The van der Waals surface area contributed by atoms with Crippen molar-refractivity contribution >= 4 is 21.4 Å². The molecular weight excluding hydrogens is 371 g/mol. The van der Waals surface area contributed by atoms with E-state index in [1.54, 1.807) is 23.1 Å². The van der Waals surface area contributed by atoms with Gasteiger partial charge in [0.1, 0.15) is 16.5 Å².